The number of carbonyl (C=O) groups is 2. The van der Waals surface area contributed by atoms with Gasteiger partial charge in [0.2, 0.25) is 0 Å². The van der Waals surface area contributed by atoms with Crippen molar-refractivity contribution < 1.29 is 42.9 Å². The second-order valence-corrected chi connectivity index (χ2v) is 13.6. The molecule has 2 aromatic carbocycles. The molecule has 0 aromatic heterocycles. The number of amides is 2. The molecule has 14 nitrogen and oxygen atoms in total. The van der Waals surface area contributed by atoms with E-state index < -0.39 is 16.1 Å². The van der Waals surface area contributed by atoms with Gasteiger partial charge in [-0.25, -0.2) is 9.59 Å². The molecule has 14 heteroatoms. The largest absolute Gasteiger partial charge is 0.493 e. The summed E-state index contributed by atoms with van der Waals surface area (Å²) in [6.07, 6.45) is 2.19. The van der Waals surface area contributed by atoms with Crippen molar-refractivity contribution in [3.05, 3.63) is 46.5 Å². The van der Waals surface area contributed by atoms with Crippen LogP contribution in [0.1, 0.15) is 67.2 Å². The Labute approximate surface area is 282 Å². The lowest BCUT2D eigenvalue weighted by molar-refractivity contribution is -0.385. The molecule has 0 bridgehead atoms. The zero-order valence-electron chi connectivity index (χ0n) is 29.3. The average molecular weight is 675 g/mol. The van der Waals surface area contributed by atoms with Gasteiger partial charge in [0, 0.05) is 69.7 Å². The highest BCUT2D eigenvalue weighted by atomic mass is 16.6. The van der Waals surface area contributed by atoms with Gasteiger partial charge in [0.05, 0.1) is 25.2 Å². The normalized spacial score (nSPS) is 15.8. The highest BCUT2D eigenvalue weighted by Crippen LogP contribution is 2.34. The van der Waals surface area contributed by atoms with Crippen molar-refractivity contribution in [3.63, 3.8) is 0 Å². The van der Waals surface area contributed by atoms with Crippen LogP contribution < -0.4 is 24.7 Å². The van der Waals surface area contributed by atoms with E-state index in [1.165, 1.54) is 25.3 Å². The number of nitrogens with two attached hydrogens (primary N) is 1. The van der Waals surface area contributed by atoms with Crippen LogP contribution in [-0.2, 0) is 9.47 Å². The first-order valence-corrected chi connectivity index (χ1v) is 16.0. The molecule has 2 N–H and O–H groups in total. The van der Waals surface area contributed by atoms with Crippen molar-refractivity contribution in [2.75, 3.05) is 46.1 Å². The number of nitro groups is 1. The second kappa shape index (κ2) is 16.5. The monoisotopic (exact) mass is 674 g/mol. The number of rotatable bonds is 7. The van der Waals surface area contributed by atoms with Crippen LogP contribution in [0.3, 0.4) is 0 Å². The van der Waals surface area contributed by atoms with Crippen LogP contribution in [0.15, 0.2) is 36.4 Å². The van der Waals surface area contributed by atoms with Gasteiger partial charge in [-0.05, 0) is 59.7 Å². The molecule has 48 heavy (non-hydrogen) atoms. The Bertz CT molecular complexity index is 1390. The minimum Gasteiger partial charge on any atom is -0.493 e. The number of anilines is 1. The zero-order chi connectivity index (χ0) is 35.6. The van der Waals surface area contributed by atoms with E-state index in [0.717, 1.165) is 12.8 Å². The van der Waals surface area contributed by atoms with Crippen LogP contribution >= 0.6 is 0 Å². The van der Waals surface area contributed by atoms with Gasteiger partial charge < -0.3 is 44.0 Å². The lowest BCUT2D eigenvalue weighted by atomic mass is 10.1. The first-order valence-electron chi connectivity index (χ1n) is 16.0. The Morgan fingerprint density at radius 1 is 0.708 bits per heavy atom. The topological polar surface area (TPSA) is 165 Å². The summed E-state index contributed by atoms with van der Waals surface area (Å²) >= 11 is 0. The number of piperidine rings is 2. The molecule has 0 radical (unpaired) electrons. The number of ether oxygens (including phenoxy) is 6. The Kier molecular flexibility index (Phi) is 13.0. The van der Waals surface area contributed by atoms with E-state index in [1.807, 2.05) is 47.6 Å². The van der Waals surface area contributed by atoms with Crippen molar-refractivity contribution in [1.29, 1.82) is 0 Å². The number of non-ortho nitro benzene ring substituents is 1. The predicted molar refractivity (Wildman–Crippen MR) is 180 cm³/mol. The average Bonchev–Trinajstić information content (AvgIpc) is 3.01. The second-order valence-electron chi connectivity index (χ2n) is 13.6. The van der Waals surface area contributed by atoms with Crippen LogP contribution in [-0.4, -0.2) is 90.7 Å². The molecule has 2 aliphatic rings. The van der Waals surface area contributed by atoms with Crippen LogP contribution in [0, 0.1) is 10.1 Å². The molecule has 0 saturated carbocycles. The minimum absolute atomic E-state index is 0.0474. The molecular formula is C34H50N4O10. The van der Waals surface area contributed by atoms with Crippen molar-refractivity contribution in [3.8, 4) is 23.0 Å². The fraction of sp³-hybridized carbons (Fsp3) is 0.588. The predicted octanol–water partition coefficient (Wildman–Crippen LogP) is 6.44. The zero-order valence-corrected chi connectivity index (χ0v) is 29.3. The lowest BCUT2D eigenvalue weighted by Crippen LogP contribution is -2.44. The van der Waals surface area contributed by atoms with Crippen molar-refractivity contribution in [2.24, 2.45) is 0 Å². The highest BCUT2D eigenvalue weighted by molar-refractivity contribution is 5.68. The highest BCUT2D eigenvalue weighted by Gasteiger charge is 2.29. The van der Waals surface area contributed by atoms with Gasteiger partial charge in [0.25, 0.3) is 5.69 Å². The number of likely N-dealkylation sites (tertiary alicyclic amines) is 2. The maximum atomic E-state index is 12.1. The summed E-state index contributed by atoms with van der Waals surface area (Å²) in [5.41, 5.74) is 5.34. The van der Waals surface area contributed by atoms with Crippen LogP contribution in [0.4, 0.5) is 21.0 Å². The summed E-state index contributed by atoms with van der Waals surface area (Å²) in [6, 6.07) is 9.60. The number of nitrogen functional groups attached to an aromatic ring is 1. The van der Waals surface area contributed by atoms with E-state index in [-0.39, 0.29) is 30.1 Å². The quantitative estimate of drug-likeness (QED) is 0.195. The molecule has 0 unspecified atom stereocenters. The van der Waals surface area contributed by atoms with Gasteiger partial charge in [0.1, 0.15) is 23.4 Å². The van der Waals surface area contributed by atoms with Crippen molar-refractivity contribution >= 4 is 23.6 Å². The third-order valence-electron chi connectivity index (χ3n) is 7.32. The molecule has 2 saturated heterocycles. The van der Waals surface area contributed by atoms with Gasteiger partial charge in [-0.15, -0.1) is 0 Å². The summed E-state index contributed by atoms with van der Waals surface area (Å²) < 4.78 is 33.1. The molecule has 2 amide bonds. The van der Waals surface area contributed by atoms with Crippen LogP contribution in [0.5, 0.6) is 23.0 Å². The SMILES string of the molecule is COc1cc(N)ccc1OC1CCN(C(=O)OC(C)(C)C)CC1.COc1cc([N+](=O)[O-])ccc1OC1CCN(C(=O)OC(C)(C)C)CC1. The van der Waals surface area contributed by atoms with E-state index in [4.69, 9.17) is 34.2 Å². The fourth-order valence-corrected chi connectivity index (χ4v) is 4.97. The summed E-state index contributed by atoms with van der Waals surface area (Å²) in [4.78, 5) is 37.8. The molecule has 2 aromatic rings. The maximum absolute atomic E-state index is 12.1. The number of hydrogen-bond acceptors (Lipinski definition) is 11. The van der Waals surface area contributed by atoms with E-state index in [1.54, 1.807) is 29.0 Å². The number of carbonyl (C=O) groups excluding carboxylic acids is 2. The van der Waals surface area contributed by atoms with Gasteiger partial charge >= 0.3 is 12.2 Å². The smallest absolute Gasteiger partial charge is 0.410 e. The molecule has 2 heterocycles. The molecule has 4 rings (SSSR count). The Morgan fingerprint density at radius 2 is 1.10 bits per heavy atom. The van der Waals surface area contributed by atoms with Gasteiger partial charge in [-0.2, -0.15) is 0 Å². The molecule has 0 atom stereocenters. The Balaban J connectivity index is 0.000000261. The molecule has 2 aliphatic heterocycles. The van der Waals surface area contributed by atoms with E-state index >= 15 is 0 Å². The number of hydrogen-bond donors (Lipinski definition) is 1. The fourth-order valence-electron chi connectivity index (χ4n) is 4.97. The number of methoxy groups -OCH3 is 2. The number of benzene rings is 2. The number of nitro benzene ring substituents is 1. The first kappa shape index (κ1) is 37.8. The number of nitrogens with zero attached hydrogens (tertiary/aromatic N) is 3. The molecular weight excluding hydrogens is 624 g/mol. The summed E-state index contributed by atoms with van der Waals surface area (Å²) in [7, 11) is 3.03. The lowest BCUT2D eigenvalue weighted by Gasteiger charge is -2.33. The summed E-state index contributed by atoms with van der Waals surface area (Å²) in [5, 5.41) is 10.8. The van der Waals surface area contributed by atoms with Gasteiger partial charge in [-0.3, -0.25) is 10.1 Å². The van der Waals surface area contributed by atoms with Crippen LogP contribution in [0.2, 0.25) is 0 Å². The van der Waals surface area contributed by atoms with Crippen LogP contribution in [0.25, 0.3) is 0 Å². The van der Waals surface area contributed by atoms with E-state index in [9.17, 15) is 19.7 Å². The third kappa shape index (κ3) is 11.9. The Morgan fingerprint density at radius 3 is 1.48 bits per heavy atom. The van der Waals surface area contributed by atoms with Crippen molar-refractivity contribution in [2.45, 2.75) is 90.6 Å². The standard InChI is InChI=1S/C17H24N2O6.C17H26N2O4/c1-17(2,3)25-16(20)18-9-7-13(8-10-18)24-14-6-5-12(19(21)22)11-15(14)23-4;1-17(2,3)23-16(20)19-9-7-13(8-10-19)22-14-6-5-12(18)11-15(14)21-4/h5-6,11,13H,7-10H2,1-4H3;5-6,11,13H,7-10,18H2,1-4H3. The first-order chi connectivity index (χ1) is 22.5. The van der Waals surface area contributed by atoms with E-state index in [2.05, 4.69) is 0 Å². The summed E-state index contributed by atoms with van der Waals surface area (Å²) in [5.74, 6) is 2.09. The maximum Gasteiger partial charge on any atom is 0.410 e. The molecule has 0 spiro atoms. The Hall–Kier alpha value is -4.62. The molecule has 266 valence electrons. The van der Waals surface area contributed by atoms with Gasteiger partial charge in [-0.1, -0.05) is 0 Å². The van der Waals surface area contributed by atoms with Crippen molar-refractivity contribution in [1.82, 2.24) is 9.80 Å². The van der Waals surface area contributed by atoms with Gasteiger partial charge in [0.15, 0.2) is 23.0 Å². The molecule has 2 fully saturated rings. The minimum atomic E-state index is -0.517. The molecule has 0 aliphatic carbocycles. The third-order valence-corrected chi connectivity index (χ3v) is 7.32. The van der Waals surface area contributed by atoms with E-state index in [0.29, 0.717) is 67.7 Å². The summed E-state index contributed by atoms with van der Waals surface area (Å²) in [6.45, 7) is 13.4.